The summed E-state index contributed by atoms with van der Waals surface area (Å²) in [6.45, 7) is 0. The molecule has 100 valence electrons. The molecule has 0 amide bonds. The largest absolute Gasteiger partial charge is 0.382 e. The molecule has 1 aromatic heterocycles. The minimum absolute atomic E-state index is 0.472. The Hall–Kier alpha value is -1.51. The van der Waals surface area contributed by atoms with Gasteiger partial charge in [-0.15, -0.1) is 11.3 Å². The van der Waals surface area contributed by atoms with E-state index in [9.17, 15) is 0 Å². The predicted molar refractivity (Wildman–Crippen MR) is 88.1 cm³/mol. The van der Waals surface area contributed by atoms with Crippen molar-refractivity contribution >= 4 is 38.7 Å². The topological polar surface area (TPSA) is 12.0 Å². The molecule has 1 N–H and O–H groups in total. The number of fused-ring (bicyclic) bond motifs is 2. The lowest BCUT2D eigenvalue weighted by atomic mass is 10.1. The van der Waals surface area contributed by atoms with E-state index >= 15 is 0 Å². The summed E-state index contributed by atoms with van der Waals surface area (Å²) in [5, 5.41) is 7.95. The first-order chi connectivity index (χ1) is 9.78. The normalized spacial score (nSPS) is 17.4. The number of nitrogens with one attached hydrogen (secondary N) is 1. The molecule has 2 aromatic carbocycles. The molecule has 0 fully saturated rings. The standard InChI is InChI=1S/C17H14ClNS/c18-14-2-1-11-8-16(10-13(11)7-14)19-15-3-4-17-12(9-15)5-6-20-17/h1-7,9,16,19H,8,10H2. The molecule has 0 radical (unpaired) electrons. The molecule has 0 bridgehead atoms. The summed E-state index contributed by atoms with van der Waals surface area (Å²) in [6.07, 6.45) is 2.13. The van der Waals surface area contributed by atoms with Crippen LogP contribution in [0.2, 0.25) is 5.02 Å². The Morgan fingerprint density at radius 2 is 1.90 bits per heavy atom. The van der Waals surface area contributed by atoms with Gasteiger partial charge in [-0.1, -0.05) is 17.7 Å². The Morgan fingerprint density at radius 1 is 1.00 bits per heavy atom. The number of thiophene rings is 1. The third-order valence-electron chi connectivity index (χ3n) is 3.92. The second-order valence-corrected chi connectivity index (χ2v) is 6.72. The Kier molecular flexibility index (Phi) is 2.94. The number of halogens is 1. The first-order valence-electron chi connectivity index (χ1n) is 6.79. The van der Waals surface area contributed by atoms with Crippen LogP contribution >= 0.6 is 22.9 Å². The van der Waals surface area contributed by atoms with Crippen LogP contribution in [0.3, 0.4) is 0 Å². The van der Waals surface area contributed by atoms with Crippen molar-refractivity contribution in [3.63, 3.8) is 0 Å². The highest BCUT2D eigenvalue weighted by molar-refractivity contribution is 7.17. The van der Waals surface area contributed by atoms with Crippen molar-refractivity contribution in [2.75, 3.05) is 5.32 Å². The van der Waals surface area contributed by atoms with Crippen molar-refractivity contribution < 1.29 is 0 Å². The third-order valence-corrected chi connectivity index (χ3v) is 5.06. The van der Waals surface area contributed by atoms with E-state index < -0.39 is 0 Å². The summed E-state index contributed by atoms with van der Waals surface area (Å²) < 4.78 is 1.34. The fourth-order valence-corrected chi connectivity index (χ4v) is 3.95. The summed E-state index contributed by atoms with van der Waals surface area (Å²) >= 11 is 7.85. The maximum atomic E-state index is 6.06. The van der Waals surface area contributed by atoms with Gasteiger partial charge in [0, 0.05) is 21.5 Å². The molecule has 1 aliphatic rings. The summed E-state index contributed by atoms with van der Waals surface area (Å²) in [5.74, 6) is 0. The zero-order chi connectivity index (χ0) is 13.5. The van der Waals surface area contributed by atoms with Crippen LogP contribution in [-0.4, -0.2) is 6.04 Å². The van der Waals surface area contributed by atoms with Gasteiger partial charge in [-0.3, -0.25) is 0 Å². The number of rotatable bonds is 2. The van der Waals surface area contributed by atoms with Crippen molar-refractivity contribution in [1.82, 2.24) is 0 Å². The van der Waals surface area contributed by atoms with E-state index in [4.69, 9.17) is 11.6 Å². The molecule has 0 saturated carbocycles. The van der Waals surface area contributed by atoms with E-state index in [1.165, 1.54) is 26.9 Å². The van der Waals surface area contributed by atoms with Crippen LogP contribution in [-0.2, 0) is 12.8 Å². The first-order valence-corrected chi connectivity index (χ1v) is 8.05. The number of hydrogen-bond acceptors (Lipinski definition) is 2. The Bertz CT molecular complexity index is 778. The molecule has 20 heavy (non-hydrogen) atoms. The van der Waals surface area contributed by atoms with E-state index in [-0.39, 0.29) is 0 Å². The Morgan fingerprint density at radius 3 is 2.85 bits per heavy atom. The van der Waals surface area contributed by atoms with E-state index in [0.29, 0.717) is 6.04 Å². The molecule has 0 spiro atoms. The van der Waals surface area contributed by atoms with Crippen LogP contribution < -0.4 is 5.32 Å². The molecule has 1 aliphatic carbocycles. The van der Waals surface area contributed by atoms with Gasteiger partial charge in [0.25, 0.3) is 0 Å². The highest BCUT2D eigenvalue weighted by Crippen LogP contribution is 2.29. The lowest BCUT2D eigenvalue weighted by molar-refractivity contribution is 0.774. The molecular weight excluding hydrogens is 286 g/mol. The van der Waals surface area contributed by atoms with Crippen LogP contribution in [0, 0.1) is 0 Å². The average Bonchev–Trinajstić information content (AvgIpc) is 3.03. The molecule has 3 aromatic rings. The van der Waals surface area contributed by atoms with Crippen LogP contribution in [0.25, 0.3) is 10.1 Å². The van der Waals surface area contributed by atoms with Gasteiger partial charge in [-0.2, -0.15) is 0 Å². The molecular formula is C17H14ClNS. The van der Waals surface area contributed by atoms with E-state index in [2.05, 4.69) is 47.1 Å². The summed E-state index contributed by atoms with van der Waals surface area (Å²) in [6, 6.07) is 15.5. The maximum Gasteiger partial charge on any atom is 0.0408 e. The van der Waals surface area contributed by atoms with Gasteiger partial charge >= 0.3 is 0 Å². The fourth-order valence-electron chi connectivity index (χ4n) is 2.98. The number of anilines is 1. The summed E-state index contributed by atoms with van der Waals surface area (Å²) in [5.41, 5.74) is 4.01. The smallest absolute Gasteiger partial charge is 0.0408 e. The van der Waals surface area contributed by atoms with Gasteiger partial charge in [-0.05, 0) is 71.1 Å². The van der Waals surface area contributed by atoms with Crippen molar-refractivity contribution in [2.45, 2.75) is 18.9 Å². The van der Waals surface area contributed by atoms with E-state index in [1.807, 2.05) is 6.07 Å². The quantitative estimate of drug-likeness (QED) is 0.691. The predicted octanol–water partition coefficient (Wildman–Crippen LogP) is 5.13. The Labute approximate surface area is 127 Å². The van der Waals surface area contributed by atoms with Crippen molar-refractivity contribution in [1.29, 1.82) is 0 Å². The number of hydrogen-bond donors (Lipinski definition) is 1. The van der Waals surface area contributed by atoms with Crippen LogP contribution in [0.15, 0.2) is 47.8 Å². The van der Waals surface area contributed by atoms with Crippen molar-refractivity contribution in [2.24, 2.45) is 0 Å². The maximum absolute atomic E-state index is 6.06. The minimum atomic E-state index is 0.472. The highest BCUT2D eigenvalue weighted by Gasteiger charge is 2.21. The van der Waals surface area contributed by atoms with E-state index in [1.54, 1.807) is 11.3 Å². The molecule has 1 atom stereocenters. The summed E-state index contributed by atoms with van der Waals surface area (Å²) in [7, 11) is 0. The highest BCUT2D eigenvalue weighted by atomic mass is 35.5. The van der Waals surface area contributed by atoms with Gasteiger partial charge in [-0.25, -0.2) is 0 Å². The molecule has 1 nitrogen and oxygen atoms in total. The molecule has 1 unspecified atom stereocenters. The number of benzene rings is 2. The SMILES string of the molecule is Clc1ccc2c(c1)CC(Nc1ccc3sccc3c1)C2. The monoisotopic (exact) mass is 299 g/mol. The van der Waals surface area contributed by atoms with Gasteiger partial charge < -0.3 is 5.32 Å². The van der Waals surface area contributed by atoms with Gasteiger partial charge in [0.15, 0.2) is 0 Å². The second-order valence-electron chi connectivity index (χ2n) is 5.34. The van der Waals surface area contributed by atoms with Crippen LogP contribution in [0.4, 0.5) is 5.69 Å². The molecule has 4 rings (SSSR count). The second kappa shape index (κ2) is 4.80. The van der Waals surface area contributed by atoms with Gasteiger partial charge in [0.1, 0.15) is 0 Å². The lowest BCUT2D eigenvalue weighted by Gasteiger charge is -2.13. The minimum Gasteiger partial charge on any atom is -0.382 e. The first kappa shape index (κ1) is 12.2. The zero-order valence-electron chi connectivity index (χ0n) is 10.9. The lowest BCUT2D eigenvalue weighted by Crippen LogP contribution is -2.19. The fraction of sp³-hybridized carbons (Fsp3) is 0.176. The zero-order valence-corrected chi connectivity index (χ0v) is 12.5. The van der Waals surface area contributed by atoms with Crippen LogP contribution in [0.1, 0.15) is 11.1 Å². The Balaban J connectivity index is 1.55. The van der Waals surface area contributed by atoms with Gasteiger partial charge in [0.05, 0.1) is 0 Å². The molecule has 3 heteroatoms. The van der Waals surface area contributed by atoms with Crippen molar-refractivity contribution in [3.05, 3.63) is 64.0 Å². The average molecular weight is 300 g/mol. The van der Waals surface area contributed by atoms with E-state index in [0.717, 1.165) is 17.9 Å². The molecule has 0 saturated heterocycles. The molecule has 0 aliphatic heterocycles. The summed E-state index contributed by atoms with van der Waals surface area (Å²) in [4.78, 5) is 0. The van der Waals surface area contributed by atoms with Crippen LogP contribution in [0.5, 0.6) is 0 Å². The molecule has 1 heterocycles. The van der Waals surface area contributed by atoms with Gasteiger partial charge in [0.2, 0.25) is 0 Å². The third kappa shape index (κ3) is 2.19. The van der Waals surface area contributed by atoms with Crippen molar-refractivity contribution in [3.8, 4) is 0 Å².